The van der Waals surface area contributed by atoms with Gasteiger partial charge in [0.15, 0.2) is 0 Å². The quantitative estimate of drug-likeness (QED) is 0.928. The predicted molar refractivity (Wildman–Crippen MR) is 97.0 cm³/mol. The first kappa shape index (κ1) is 16.2. The van der Waals surface area contributed by atoms with Gasteiger partial charge in [0.1, 0.15) is 5.82 Å². The molecule has 0 radical (unpaired) electrons. The van der Waals surface area contributed by atoms with Gasteiger partial charge in [-0.2, -0.15) is 0 Å². The molecule has 0 aliphatic heterocycles. The maximum absolute atomic E-state index is 13.3. The number of hydrogen-bond acceptors (Lipinski definition) is 3. The van der Waals surface area contributed by atoms with E-state index < -0.39 is 0 Å². The van der Waals surface area contributed by atoms with Crippen LogP contribution in [0.4, 0.5) is 0 Å². The summed E-state index contributed by atoms with van der Waals surface area (Å²) in [5.74, 6) is 0.832. The third-order valence-corrected chi connectivity index (χ3v) is 6.03. The Morgan fingerprint density at radius 1 is 1.08 bits per heavy atom. The lowest BCUT2D eigenvalue weighted by Crippen LogP contribution is -2.38. The lowest BCUT2D eigenvalue weighted by atomic mass is 9.84. The first-order valence-corrected chi connectivity index (χ1v) is 9.21. The van der Waals surface area contributed by atoms with Crippen LogP contribution in [0, 0.1) is 19.3 Å². The van der Waals surface area contributed by atoms with Crippen LogP contribution in [0.5, 0.6) is 0 Å². The molecule has 1 aromatic carbocycles. The van der Waals surface area contributed by atoms with Crippen LogP contribution in [-0.4, -0.2) is 15.9 Å². The second kappa shape index (κ2) is 5.94. The Labute approximate surface area is 149 Å². The van der Waals surface area contributed by atoms with Gasteiger partial charge in [0, 0.05) is 11.4 Å². The van der Waals surface area contributed by atoms with E-state index in [1.807, 2.05) is 38.1 Å². The largest absolute Gasteiger partial charge is 0.348 e. The van der Waals surface area contributed by atoms with E-state index in [1.165, 1.54) is 12.8 Å². The third kappa shape index (κ3) is 2.64. The van der Waals surface area contributed by atoms with Crippen LogP contribution >= 0.6 is 0 Å². The van der Waals surface area contributed by atoms with Crippen molar-refractivity contribution in [3.63, 3.8) is 0 Å². The second-order valence-electron chi connectivity index (χ2n) is 7.69. The normalized spacial score (nSPS) is 23.6. The zero-order valence-corrected chi connectivity index (χ0v) is 15.0. The first-order valence-electron chi connectivity index (χ1n) is 9.21. The fourth-order valence-electron chi connectivity index (χ4n) is 4.89. The second-order valence-corrected chi connectivity index (χ2v) is 7.69. The molecule has 1 unspecified atom stereocenters. The molecule has 0 saturated heterocycles. The van der Waals surface area contributed by atoms with E-state index in [2.05, 4.69) is 27.4 Å². The molecule has 2 aliphatic rings. The number of aryl methyl sites for hydroxylation is 2. The van der Waals surface area contributed by atoms with Crippen LogP contribution < -0.4 is 5.32 Å². The zero-order chi connectivity index (χ0) is 17.5. The number of aromatic nitrogens is 2. The monoisotopic (exact) mass is 335 g/mol. The average molecular weight is 335 g/mol. The summed E-state index contributed by atoms with van der Waals surface area (Å²) in [5, 5.41) is 3.14. The summed E-state index contributed by atoms with van der Waals surface area (Å²) < 4.78 is 0. The SMILES string of the molecule is Cc1cc(C)nc(CNC(=O)C2(c3ccccc3)CC23CCCC3)n1. The number of rotatable bonds is 4. The Bertz CT molecular complexity index is 776. The van der Waals surface area contributed by atoms with Gasteiger partial charge in [-0.3, -0.25) is 4.79 Å². The fourth-order valence-corrected chi connectivity index (χ4v) is 4.89. The first-order chi connectivity index (χ1) is 12.1. The molecule has 1 heterocycles. The summed E-state index contributed by atoms with van der Waals surface area (Å²) in [6, 6.07) is 12.3. The molecule has 2 aromatic rings. The Kier molecular flexibility index (Phi) is 3.86. The van der Waals surface area contributed by atoms with Gasteiger partial charge in [-0.1, -0.05) is 43.2 Å². The van der Waals surface area contributed by atoms with Crippen LogP contribution in [0.3, 0.4) is 0 Å². The van der Waals surface area contributed by atoms with Gasteiger partial charge < -0.3 is 5.32 Å². The highest BCUT2D eigenvalue weighted by molar-refractivity contribution is 5.93. The number of benzene rings is 1. The standard InChI is InChI=1S/C21H25N3O/c1-15-12-16(2)24-18(23-15)13-22-19(25)21(17-8-4-3-5-9-17)14-20(21)10-6-7-11-20/h3-5,8-9,12H,6-7,10-11,13-14H2,1-2H3,(H,22,25). The van der Waals surface area contributed by atoms with Crippen molar-refractivity contribution in [3.05, 3.63) is 59.2 Å². The predicted octanol–water partition coefficient (Wildman–Crippen LogP) is 3.61. The number of nitrogens with zero attached hydrogens (tertiary/aromatic N) is 2. The lowest BCUT2D eigenvalue weighted by Gasteiger charge is -2.22. The zero-order valence-electron chi connectivity index (χ0n) is 15.0. The Morgan fingerprint density at radius 3 is 2.36 bits per heavy atom. The number of amides is 1. The topological polar surface area (TPSA) is 54.9 Å². The van der Waals surface area contributed by atoms with Gasteiger partial charge in [0.05, 0.1) is 12.0 Å². The molecular formula is C21H25N3O. The molecule has 1 atom stereocenters. The van der Waals surface area contributed by atoms with Crippen molar-refractivity contribution in [3.8, 4) is 0 Å². The summed E-state index contributed by atoms with van der Waals surface area (Å²) in [7, 11) is 0. The Morgan fingerprint density at radius 2 is 1.72 bits per heavy atom. The van der Waals surface area contributed by atoms with Gasteiger partial charge in [-0.05, 0) is 50.2 Å². The van der Waals surface area contributed by atoms with Gasteiger partial charge >= 0.3 is 0 Å². The van der Waals surface area contributed by atoms with Crippen molar-refractivity contribution in [2.75, 3.05) is 0 Å². The van der Waals surface area contributed by atoms with Crippen molar-refractivity contribution in [1.82, 2.24) is 15.3 Å². The van der Waals surface area contributed by atoms with Gasteiger partial charge in [0.2, 0.25) is 5.91 Å². The summed E-state index contributed by atoms with van der Waals surface area (Å²) >= 11 is 0. The third-order valence-electron chi connectivity index (χ3n) is 6.03. The van der Waals surface area contributed by atoms with Crippen molar-refractivity contribution in [2.45, 2.75) is 57.9 Å². The highest BCUT2D eigenvalue weighted by Crippen LogP contribution is 2.72. The average Bonchev–Trinajstić information content (AvgIpc) is 3.00. The van der Waals surface area contributed by atoms with E-state index in [1.54, 1.807) is 0 Å². The highest BCUT2D eigenvalue weighted by Gasteiger charge is 2.72. The van der Waals surface area contributed by atoms with Crippen molar-refractivity contribution >= 4 is 5.91 Å². The molecule has 4 heteroatoms. The fraction of sp³-hybridized carbons (Fsp3) is 0.476. The summed E-state index contributed by atoms with van der Waals surface area (Å²) in [6.45, 7) is 4.31. The molecular weight excluding hydrogens is 310 g/mol. The minimum atomic E-state index is -0.358. The van der Waals surface area contributed by atoms with Crippen LogP contribution in [0.15, 0.2) is 36.4 Å². The molecule has 25 heavy (non-hydrogen) atoms. The highest BCUT2D eigenvalue weighted by atomic mass is 16.2. The number of carbonyl (C=O) groups is 1. The Balaban J connectivity index is 1.58. The van der Waals surface area contributed by atoms with Gasteiger partial charge in [0.25, 0.3) is 0 Å². The van der Waals surface area contributed by atoms with Crippen LogP contribution in [-0.2, 0) is 16.8 Å². The van der Waals surface area contributed by atoms with Crippen molar-refractivity contribution in [2.24, 2.45) is 5.41 Å². The van der Waals surface area contributed by atoms with E-state index in [-0.39, 0.29) is 16.7 Å². The number of hydrogen-bond donors (Lipinski definition) is 1. The van der Waals surface area contributed by atoms with E-state index in [0.29, 0.717) is 12.4 Å². The van der Waals surface area contributed by atoms with Crippen LogP contribution in [0.1, 0.15) is 54.9 Å². The summed E-state index contributed by atoms with van der Waals surface area (Å²) in [6.07, 6.45) is 5.78. The minimum absolute atomic E-state index is 0.142. The Hall–Kier alpha value is -2.23. The summed E-state index contributed by atoms with van der Waals surface area (Å²) in [4.78, 5) is 22.2. The van der Waals surface area contributed by atoms with E-state index >= 15 is 0 Å². The van der Waals surface area contributed by atoms with Crippen LogP contribution in [0.25, 0.3) is 0 Å². The molecule has 1 amide bonds. The molecule has 4 rings (SSSR count). The molecule has 1 N–H and O–H groups in total. The smallest absolute Gasteiger partial charge is 0.231 e. The van der Waals surface area contributed by atoms with Gasteiger partial charge in [-0.15, -0.1) is 0 Å². The van der Waals surface area contributed by atoms with E-state index in [9.17, 15) is 4.79 Å². The molecule has 2 saturated carbocycles. The molecule has 1 aromatic heterocycles. The van der Waals surface area contributed by atoms with E-state index in [0.717, 1.165) is 36.2 Å². The van der Waals surface area contributed by atoms with E-state index in [4.69, 9.17) is 0 Å². The maximum Gasteiger partial charge on any atom is 0.231 e. The minimum Gasteiger partial charge on any atom is -0.348 e. The van der Waals surface area contributed by atoms with Gasteiger partial charge in [-0.25, -0.2) is 9.97 Å². The summed E-state index contributed by atoms with van der Waals surface area (Å²) in [5.41, 5.74) is 2.85. The molecule has 4 nitrogen and oxygen atoms in total. The lowest BCUT2D eigenvalue weighted by molar-refractivity contribution is -0.124. The molecule has 1 spiro atoms. The molecule has 2 fully saturated rings. The van der Waals surface area contributed by atoms with Crippen molar-refractivity contribution in [1.29, 1.82) is 0 Å². The molecule has 130 valence electrons. The van der Waals surface area contributed by atoms with Crippen molar-refractivity contribution < 1.29 is 4.79 Å². The maximum atomic E-state index is 13.3. The molecule has 0 bridgehead atoms. The number of nitrogens with one attached hydrogen (secondary N) is 1. The number of carbonyl (C=O) groups excluding carboxylic acids is 1. The molecule has 2 aliphatic carbocycles. The van der Waals surface area contributed by atoms with Crippen LogP contribution in [0.2, 0.25) is 0 Å².